The molecule has 21 heavy (non-hydrogen) atoms. The maximum atomic E-state index is 12.0. The van der Waals surface area contributed by atoms with Gasteiger partial charge in [-0.05, 0) is 37.1 Å². The minimum Gasteiger partial charge on any atom is -0.406 e. The summed E-state index contributed by atoms with van der Waals surface area (Å²) in [5, 5.41) is 5.95. The summed E-state index contributed by atoms with van der Waals surface area (Å²) in [6.07, 6.45) is -2.86. The average molecular weight is 302 g/mol. The van der Waals surface area contributed by atoms with Gasteiger partial charge in [-0.15, -0.1) is 13.2 Å². The number of hydrogen-bond acceptors (Lipinski definition) is 3. The van der Waals surface area contributed by atoms with Crippen molar-refractivity contribution in [3.05, 3.63) is 29.8 Å². The number of carbonyl (C=O) groups excluding carboxylic acids is 1. The molecule has 0 aromatic heterocycles. The van der Waals surface area contributed by atoms with E-state index in [-0.39, 0.29) is 17.6 Å². The van der Waals surface area contributed by atoms with Crippen molar-refractivity contribution in [3.63, 3.8) is 0 Å². The first-order chi connectivity index (χ1) is 9.94. The Kier molecular flexibility index (Phi) is 5.06. The van der Waals surface area contributed by atoms with Gasteiger partial charge in [0.2, 0.25) is 5.91 Å². The van der Waals surface area contributed by atoms with Crippen molar-refractivity contribution in [2.45, 2.75) is 25.7 Å². The van der Waals surface area contributed by atoms with E-state index >= 15 is 0 Å². The number of carbonyl (C=O) groups is 1. The molecule has 0 aliphatic carbocycles. The van der Waals surface area contributed by atoms with Gasteiger partial charge in [0.1, 0.15) is 5.75 Å². The summed E-state index contributed by atoms with van der Waals surface area (Å²) >= 11 is 0. The zero-order valence-electron chi connectivity index (χ0n) is 11.4. The van der Waals surface area contributed by atoms with E-state index in [2.05, 4.69) is 15.4 Å². The molecular formula is C14H17F3N2O2. The third kappa shape index (κ3) is 5.26. The van der Waals surface area contributed by atoms with Gasteiger partial charge in [-0.1, -0.05) is 12.1 Å². The van der Waals surface area contributed by atoms with E-state index in [9.17, 15) is 18.0 Å². The predicted molar refractivity (Wildman–Crippen MR) is 70.6 cm³/mol. The maximum absolute atomic E-state index is 12.0. The van der Waals surface area contributed by atoms with Crippen molar-refractivity contribution >= 4 is 5.91 Å². The van der Waals surface area contributed by atoms with Gasteiger partial charge in [0.05, 0.1) is 5.92 Å². The normalized spacial score (nSPS) is 19.1. The molecule has 0 saturated carbocycles. The number of halogens is 3. The number of alkyl halides is 3. The van der Waals surface area contributed by atoms with Crippen molar-refractivity contribution in [3.8, 4) is 5.75 Å². The minimum atomic E-state index is -4.69. The molecule has 0 bridgehead atoms. The van der Waals surface area contributed by atoms with Gasteiger partial charge < -0.3 is 15.4 Å². The maximum Gasteiger partial charge on any atom is 0.573 e. The van der Waals surface area contributed by atoms with Crippen LogP contribution in [0.15, 0.2) is 24.3 Å². The van der Waals surface area contributed by atoms with Crippen molar-refractivity contribution < 1.29 is 22.7 Å². The Labute approximate surface area is 120 Å². The monoisotopic (exact) mass is 302 g/mol. The van der Waals surface area contributed by atoms with Crippen LogP contribution in [-0.2, 0) is 11.3 Å². The molecule has 0 radical (unpaired) electrons. The Bertz CT molecular complexity index is 468. The molecule has 2 rings (SSSR count). The third-order valence-corrected chi connectivity index (χ3v) is 3.29. The second-order valence-corrected chi connectivity index (χ2v) is 4.95. The van der Waals surface area contributed by atoms with Crippen molar-refractivity contribution in [2.75, 3.05) is 13.1 Å². The van der Waals surface area contributed by atoms with Crippen LogP contribution < -0.4 is 15.4 Å². The lowest BCUT2D eigenvalue weighted by Crippen LogP contribution is -2.40. The number of rotatable bonds is 4. The average Bonchev–Trinajstić information content (AvgIpc) is 2.45. The van der Waals surface area contributed by atoms with Crippen molar-refractivity contribution in [1.29, 1.82) is 0 Å². The van der Waals surface area contributed by atoms with Gasteiger partial charge >= 0.3 is 6.36 Å². The minimum absolute atomic E-state index is 0.0298. The van der Waals surface area contributed by atoms with Crippen LogP contribution in [0.5, 0.6) is 5.75 Å². The summed E-state index contributed by atoms with van der Waals surface area (Å²) in [6, 6.07) is 5.47. The van der Waals surface area contributed by atoms with Gasteiger partial charge in [0.15, 0.2) is 0 Å². The Morgan fingerprint density at radius 2 is 2.05 bits per heavy atom. The lowest BCUT2D eigenvalue weighted by atomic mass is 9.99. The molecule has 1 fully saturated rings. The van der Waals surface area contributed by atoms with Gasteiger partial charge in [0.25, 0.3) is 0 Å². The van der Waals surface area contributed by atoms with Gasteiger partial charge in [-0.3, -0.25) is 4.79 Å². The fourth-order valence-corrected chi connectivity index (χ4v) is 2.22. The lowest BCUT2D eigenvalue weighted by molar-refractivity contribution is -0.274. The molecule has 1 amide bonds. The number of ether oxygens (including phenoxy) is 1. The number of hydrogen-bond donors (Lipinski definition) is 2. The number of piperidine rings is 1. The highest BCUT2D eigenvalue weighted by Crippen LogP contribution is 2.22. The second-order valence-electron chi connectivity index (χ2n) is 4.95. The molecule has 1 aromatic carbocycles. The van der Waals surface area contributed by atoms with Gasteiger partial charge in [-0.25, -0.2) is 0 Å². The summed E-state index contributed by atoms with van der Waals surface area (Å²) in [4.78, 5) is 11.9. The highest BCUT2D eigenvalue weighted by Gasteiger charge is 2.30. The van der Waals surface area contributed by atoms with E-state index in [1.807, 2.05) is 0 Å². The van der Waals surface area contributed by atoms with Crippen LogP contribution in [0.25, 0.3) is 0 Å². The second kappa shape index (κ2) is 6.80. The molecule has 2 N–H and O–H groups in total. The molecule has 1 saturated heterocycles. The molecule has 7 heteroatoms. The van der Waals surface area contributed by atoms with Crippen LogP contribution in [0.4, 0.5) is 13.2 Å². The fraction of sp³-hybridized carbons (Fsp3) is 0.500. The molecule has 0 spiro atoms. The molecule has 1 aliphatic heterocycles. The first-order valence-corrected chi connectivity index (χ1v) is 6.77. The van der Waals surface area contributed by atoms with E-state index in [4.69, 9.17) is 0 Å². The number of benzene rings is 1. The highest BCUT2D eigenvalue weighted by molar-refractivity contribution is 5.78. The van der Waals surface area contributed by atoms with E-state index in [1.54, 1.807) is 0 Å². The number of nitrogens with one attached hydrogen (secondary N) is 2. The molecule has 1 aliphatic rings. The van der Waals surface area contributed by atoms with Crippen LogP contribution in [0, 0.1) is 5.92 Å². The number of amides is 1. The van der Waals surface area contributed by atoms with Crippen LogP contribution >= 0.6 is 0 Å². The summed E-state index contributed by atoms with van der Waals surface area (Å²) in [5.74, 6) is -0.335. The van der Waals surface area contributed by atoms with Crippen LogP contribution in [-0.4, -0.2) is 25.4 Å². The zero-order valence-corrected chi connectivity index (χ0v) is 11.4. The van der Waals surface area contributed by atoms with E-state index in [1.165, 1.54) is 24.3 Å². The molecule has 116 valence electrons. The molecule has 1 atom stereocenters. The SMILES string of the molecule is O=C(NCc1ccc(OC(F)(F)F)cc1)C1CCCNC1. The summed E-state index contributed by atoms with van der Waals surface area (Å²) < 4.78 is 39.8. The zero-order chi connectivity index (χ0) is 15.3. The van der Waals surface area contributed by atoms with Gasteiger partial charge in [0, 0.05) is 13.1 Å². The molecule has 1 aromatic rings. The van der Waals surface area contributed by atoms with Crippen LogP contribution in [0.1, 0.15) is 18.4 Å². The topological polar surface area (TPSA) is 50.4 Å². The van der Waals surface area contributed by atoms with Crippen molar-refractivity contribution in [2.24, 2.45) is 5.92 Å². The van der Waals surface area contributed by atoms with Crippen LogP contribution in [0.3, 0.4) is 0 Å². The van der Waals surface area contributed by atoms with E-state index < -0.39 is 6.36 Å². The van der Waals surface area contributed by atoms with Crippen molar-refractivity contribution in [1.82, 2.24) is 10.6 Å². The van der Waals surface area contributed by atoms with E-state index in [0.29, 0.717) is 13.1 Å². The van der Waals surface area contributed by atoms with Gasteiger partial charge in [-0.2, -0.15) is 0 Å². The Hall–Kier alpha value is -1.76. The standard InChI is InChI=1S/C14H17F3N2O2/c15-14(16,17)21-12-5-3-10(4-6-12)8-19-13(20)11-2-1-7-18-9-11/h3-6,11,18H,1-2,7-9H2,(H,19,20). The first kappa shape index (κ1) is 15.6. The largest absolute Gasteiger partial charge is 0.573 e. The first-order valence-electron chi connectivity index (χ1n) is 6.77. The molecule has 1 unspecified atom stereocenters. The van der Waals surface area contributed by atoms with Crippen LogP contribution in [0.2, 0.25) is 0 Å². The molecule has 1 heterocycles. The quantitative estimate of drug-likeness (QED) is 0.896. The molecular weight excluding hydrogens is 285 g/mol. The Morgan fingerprint density at radius 1 is 1.33 bits per heavy atom. The Morgan fingerprint density at radius 3 is 2.62 bits per heavy atom. The molecule has 4 nitrogen and oxygen atoms in total. The highest BCUT2D eigenvalue weighted by atomic mass is 19.4. The van der Waals surface area contributed by atoms with E-state index in [0.717, 1.165) is 24.9 Å². The lowest BCUT2D eigenvalue weighted by Gasteiger charge is -2.21. The summed E-state index contributed by atoms with van der Waals surface area (Å²) in [7, 11) is 0. The third-order valence-electron chi connectivity index (χ3n) is 3.29. The summed E-state index contributed by atoms with van der Waals surface area (Å²) in [5.41, 5.74) is 0.724. The predicted octanol–water partition coefficient (Wildman–Crippen LogP) is 2.20. The summed E-state index contributed by atoms with van der Waals surface area (Å²) in [6.45, 7) is 1.90. The fourth-order valence-electron chi connectivity index (χ4n) is 2.22. The Balaban J connectivity index is 1.81. The smallest absolute Gasteiger partial charge is 0.406 e.